The zero-order valence-corrected chi connectivity index (χ0v) is 8.10. The van der Waals surface area contributed by atoms with E-state index >= 15 is 0 Å². The second kappa shape index (κ2) is 5.21. The summed E-state index contributed by atoms with van der Waals surface area (Å²) in [5, 5.41) is 29.3. The van der Waals surface area contributed by atoms with Crippen molar-refractivity contribution in [1.82, 2.24) is 5.32 Å². The molecule has 0 saturated carbocycles. The molecule has 15 heavy (non-hydrogen) atoms. The summed E-state index contributed by atoms with van der Waals surface area (Å²) >= 11 is 0. The lowest BCUT2D eigenvalue weighted by Crippen LogP contribution is -2.24. The molecule has 0 atom stereocenters. The highest BCUT2D eigenvalue weighted by atomic mass is 16.4. The van der Waals surface area contributed by atoms with Crippen molar-refractivity contribution in [3.63, 3.8) is 0 Å². The van der Waals surface area contributed by atoms with E-state index in [1.807, 2.05) is 0 Å². The second-order valence-corrected chi connectivity index (χ2v) is 3.14. The van der Waals surface area contributed by atoms with Crippen molar-refractivity contribution in [3.8, 4) is 11.5 Å². The van der Waals surface area contributed by atoms with Crippen LogP contribution in [0, 0.1) is 0 Å². The first-order valence-corrected chi connectivity index (χ1v) is 4.53. The van der Waals surface area contributed by atoms with Gasteiger partial charge in [-0.1, -0.05) is 6.07 Å². The Morgan fingerprint density at radius 2 is 2.00 bits per heavy atom. The molecule has 0 saturated heterocycles. The molecule has 1 aromatic carbocycles. The molecule has 0 bridgehead atoms. The Hall–Kier alpha value is -1.75. The third-order valence-corrected chi connectivity index (χ3v) is 1.91. The first kappa shape index (κ1) is 11.3. The van der Waals surface area contributed by atoms with Gasteiger partial charge in [0.05, 0.1) is 6.54 Å². The molecule has 5 heteroatoms. The number of phenols is 2. The summed E-state index contributed by atoms with van der Waals surface area (Å²) < 4.78 is 0. The maximum Gasteiger partial charge on any atom is 0.317 e. The first-order chi connectivity index (χ1) is 7.09. The Morgan fingerprint density at radius 1 is 1.27 bits per heavy atom. The summed E-state index contributed by atoms with van der Waals surface area (Å²) in [5.74, 6) is -1.22. The van der Waals surface area contributed by atoms with E-state index < -0.39 is 5.97 Å². The topological polar surface area (TPSA) is 89.8 Å². The third-order valence-electron chi connectivity index (χ3n) is 1.91. The van der Waals surface area contributed by atoms with Crippen LogP contribution < -0.4 is 5.32 Å². The van der Waals surface area contributed by atoms with Gasteiger partial charge in [0.25, 0.3) is 0 Å². The molecule has 1 aromatic rings. The second-order valence-electron chi connectivity index (χ2n) is 3.14. The van der Waals surface area contributed by atoms with Crippen molar-refractivity contribution >= 4 is 5.97 Å². The lowest BCUT2D eigenvalue weighted by atomic mass is 10.1. The van der Waals surface area contributed by atoms with E-state index in [2.05, 4.69) is 5.32 Å². The molecule has 0 fully saturated rings. The van der Waals surface area contributed by atoms with Crippen LogP contribution in [-0.4, -0.2) is 34.4 Å². The van der Waals surface area contributed by atoms with E-state index in [1.165, 1.54) is 12.1 Å². The lowest BCUT2D eigenvalue weighted by molar-refractivity contribution is -0.135. The van der Waals surface area contributed by atoms with E-state index in [0.717, 1.165) is 5.56 Å². The number of carbonyl (C=O) groups is 1. The normalized spacial score (nSPS) is 10.1. The highest BCUT2D eigenvalue weighted by Gasteiger charge is 2.01. The van der Waals surface area contributed by atoms with Crippen molar-refractivity contribution in [2.24, 2.45) is 0 Å². The van der Waals surface area contributed by atoms with Gasteiger partial charge in [-0.2, -0.15) is 0 Å². The highest BCUT2D eigenvalue weighted by Crippen LogP contribution is 2.24. The van der Waals surface area contributed by atoms with Crippen LogP contribution in [0.1, 0.15) is 5.56 Å². The van der Waals surface area contributed by atoms with Gasteiger partial charge in [0.2, 0.25) is 0 Å². The van der Waals surface area contributed by atoms with Gasteiger partial charge in [-0.25, -0.2) is 0 Å². The zero-order chi connectivity index (χ0) is 11.3. The maximum atomic E-state index is 10.2. The van der Waals surface area contributed by atoms with E-state index in [1.54, 1.807) is 6.07 Å². The number of aliphatic carboxylic acids is 1. The number of carboxylic acid groups (broad SMARTS) is 1. The molecule has 0 spiro atoms. The van der Waals surface area contributed by atoms with Crippen LogP contribution >= 0.6 is 0 Å². The van der Waals surface area contributed by atoms with Crippen LogP contribution in [0.3, 0.4) is 0 Å². The largest absolute Gasteiger partial charge is 0.504 e. The quantitative estimate of drug-likeness (QED) is 0.416. The minimum Gasteiger partial charge on any atom is -0.504 e. The minimum absolute atomic E-state index is 0.0793. The summed E-state index contributed by atoms with van der Waals surface area (Å²) in [6.07, 6.45) is 0.598. The summed E-state index contributed by atoms with van der Waals surface area (Å²) in [5.41, 5.74) is 0.836. The van der Waals surface area contributed by atoms with Gasteiger partial charge in [-0.3, -0.25) is 4.79 Å². The lowest BCUT2D eigenvalue weighted by Gasteiger charge is -2.04. The van der Waals surface area contributed by atoms with Crippen LogP contribution in [0.2, 0.25) is 0 Å². The fraction of sp³-hybridized carbons (Fsp3) is 0.300. The fourth-order valence-electron chi connectivity index (χ4n) is 1.15. The Labute approximate surface area is 87.0 Å². The van der Waals surface area contributed by atoms with Gasteiger partial charge in [0, 0.05) is 0 Å². The number of phenolic OH excluding ortho intramolecular Hbond substituents is 2. The molecule has 0 aromatic heterocycles. The maximum absolute atomic E-state index is 10.2. The number of benzene rings is 1. The van der Waals surface area contributed by atoms with Crippen LogP contribution in [0.25, 0.3) is 0 Å². The molecule has 1 rings (SSSR count). The summed E-state index contributed by atoms with van der Waals surface area (Å²) in [7, 11) is 0. The Kier molecular flexibility index (Phi) is 3.93. The number of rotatable bonds is 5. The molecule has 0 aliphatic heterocycles. The molecular formula is C10H13NO4. The van der Waals surface area contributed by atoms with Crippen molar-refractivity contribution in [2.75, 3.05) is 13.1 Å². The number of nitrogens with one attached hydrogen (secondary N) is 1. The highest BCUT2D eigenvalue weighted by molar-refractivity contribution is 5.68. The number of hydrogen-bond acceptors (Lipinski definition) is 4. The molecular weight excluding hydrogens is 198 g/mol. The van der Waals surface area contributed by atoms with Gasteiger partial charge in [-0.05, 0) is 30.7 Å². The van der Waals surface area contributed by atoms with Gasteiger partial charge in [0.1, 0.15) is 0 Å². The predicted octanol–water partition coefficient (Wildman–Crippen LogP) is 0.314. The smallest absolute Gasteiger partial charge is 0.317 e. The predicted molar refractivity (Wildman–Crippen MR) is 54.0 cm³/mol. The average molecular weight is 211 g/mol. The number of carboxylic acids is 1. The number of aromatic hydroxyl groups is 2. The number of hydrogen-bond donors (Lipinski definition) is 4. The average Bonchev–Trinajstić information content (AvgIpc) is 2.18. The molecule has 0 amide bonds. The Bertz CT molecular complexity index is 351. The molecule has 5 nitrogen and oxygen atoms in total. The van der Waals surface area contributed by atoms with Crippen molar-refractivity contribution in [1.29, 1.82) is 0 Å². The molecule has 0 aliphatic carbocycles. The summed E-state index contributed by atoms with van der Waals surface area (Å²) in [6, 6.07) is 4.54. The molecule has 0 unspecified atom stereocenters. The SMILES string of the molecule is O=C(O)CNCCc1ccc(O)c(O)c1. The summed E-state index contributed by atoms with van der Waals surface area (Å²) in [6.45, 7) is 0.431. The van der Waals surface area contributed by atoms with Crippen LogP contribution in [0.15, 0.2) is 18.2 Å². The van der Waals surface area contributed by atoms with Crippen molar-refractivity contribution in [2.45, 2.75) is 6.42 Å². The molecule has 0 heterocycles. The van der Waals surface area contributed by atoms with Crippen LogP contribution in [0.5, 0.6) is 11.5 Å². The van der Waals surface area contributed by atoms with Gasteiger partial charge < -0.3 is 20.6 Å². The summed E-state index contributed by atoms with van der Waals surface area (Å²) in [4.78, 5) is 10.2. The Balaban J connectivity index is 2.38. The third kappa shape index (κ3) is 3.86. The van der Waals surface area contributed by atoms with Crippen molar-refractivity contribution in [3.05, 3.63) is 23.8 Å². The van der Waals surface area contributed by atoms with E-state index in [0.29, 0.717) is 13.0 Å². The minimum atomic E-state index is -0.899. The van der Waals surface area contributed by atoms with Gasteiger partial charge >= 0.3 is 5.97 Å². The van der Waals surface area contributed by atoms with Crippen LogP contribution in [0.4, 0.5) is 0 Å². The van der Waals surface area contributed by atoms with Crippen LogP contribution in [-0.2, 0) is 11.2 Å². The Morgan fingerprint density at radius 3 is 2.60 bits per heavy atom. The molecule has 4 N–H and O–H groups in total. The van der Waals surface area contributed by atoms with Gasteiger partial charge in [0.15, 0.2) is 11.5 Å². The molecule has 0 radical (unpaired) electrons. The van der Waals surface area contributed by atoms with Crippen molar-refractivity contribution < 1.29 is 20.1 Å². The molecule has 0 aliphatic rings. The first-order valence-electron chi connectivity index (χ1n) is 4.53. The molecule has 82 valence electrons. The zero-order valence-electron chi connectivity index (χ0n) is 8.10. The standard InChI is InChI=1S/C10H13NO4/c12-8-2-1-7(5-9(8)13)3-4-11-6-10(14)15/h1-2,5,11-13H,3-4,6H2,(H,14,15). The van der Waals surface area contributed by atoms with Gasteiger partial charge in [-0.15, -0.1) is 0 Å². The fourth-order valence-corrected chi connectivity index (χ4v) is 1.15. The van der Waals surface area contributed by atoms with E-state index in [9.17, 15) is 9.90 Å². The van der Waals surface area contributed by atoms with E-state index in [4.69, 9.17) is 10.2 Å². The monoisotopic (exact) mass is 211 g/mol. The van der Waals surface area contributed by atoms with E-state index in [-0.39, 0.29) is 18.0 Å².